The predicted octanol–water partition coefficient (Wildman–Crippen LogP) is 2.84. The summed E-state index contributed by atoms with van der Waals surface area (Å²) in [5.41, 5.74) is -0.0458. The largest absolute Gasteiger partial charge is 0.444 e. The number of carbonyl (C=O) groups excluding carboxylic acids is 3. The van der Waals surface area contributed by atoms with Crippen LogP contribution in [0.2, 0.25) is 0 Å². The summed E-state index contributed by atoms with van der Waals surface area (Å²) in [5, 5.41) is 5.53. The minimum Gasteiger partial charge on any atom is -0.444 e. The molecular weight excluding hydrogens is 358 g/mol. The number of nitrogens with one attached hydrogen (secondary N) is 2. The number of amides is 3. The van der Waals surface area contributed by atoms with Gasteiger partial charge in [0.15, 0.2) is 0 Å². The van der Waals surface area contributed by atoms with E-state index in [0.717, 1.165) is 12.0 Å². The van der Waals surface area contributed by atoms with Gasteiger partial charge in [-0.2, -0.15) is 0 Å². The van der Waals surface area contributed by atoms with Crippen molar-refractivity contribution >= 4 is 17.9 Å². The highest BCUT2D eigenvalue weighted by atomic mass is 16.6. The third-order valence-corrected chi connectivity index (χ3v) is 5.01. The fraction of sp³-hybridized carbons (Fsp3) is 0.571. The lowest BCUT2D eigenvalue weighted by Gasteiger charge is -2.37. The van der Waals surface area contributed by atoms with Crippen LogP contribution in [-0.2, 0) is 16.1 Å². The Kier molecular flexibility index (Phi) is 6.69. The van der Waals surface area contributed by atoms with Gasteiger partial charge in [-0.3, -0.25) is 14.5 Å². The zero-order valence-corrected chi connectivity index (χ0v) is 17.4. The van der Waals surface area contributed by atoms with E-state index in [9.17, 15) is 14.4 Å². The molecule has 1 heterocycles. The number of hydrogen-bond donors (Lipinski definition) is 2. The summed E-state index contributed by atoms with van der Waals surface area (Å²) in [6.07, 6.45) is 1.45. The molecular formula is C21H31N3O4. The average Bonchev–Trinajstić information content (AvgIpc) is 3.10. The van der Waals surface area contributed by atoms with Gasteiger partial charge in [0.1, 0.15) is 11.1 Å². The lowest BCUT2D eigenvalue weighted by molar-refractivity contribution is -0.132. The van der Waals surface area contributed by atoms with E-state index in [2.05, 4.69) is 10.6 Å². The molecule has 1 aliphatic heterocycles. The van der Waals surface area contributed by atoms with E-state index in [1.807, 2.05) is 39.8 Å². The highest BCUT2D eigenvalue weighted by Crippen LogP contribution is 2.34. The van der Waals surface area contributed by atoms with Crippen molar-refractivity contribution < 1.29 is 19.1 Å². The van der Waals surface area contributed by atoms with Crippen molar-refractivity contribution in [1.82, 2.24) is 15.5 Å². The van der Waals surface area contributed by atoms with Gasteiger partial charge in [-0.1, -0.05) is 19.1 Å². The Morgan fingerprint density at radius 1 is 1.18 bits per heavy atom. The van der Waals surface area contributed by atoms with Crippen LogP contribution in [0.5, 0.6) is 0 Å². The minimum absolute atomic E-state index is 0.153. The van der Waals surface area contributed by atoms with Gasteiger partial charge in [-0.05, 0) is 57.7 Å². The monoisotopic (exact) mass is 389 g/mol. The minimum atomic E-state index is -0.885. The zero-order valence-electron chi connectivity index (χ0n) is 17.4. The van der Waals surface area contributed by atoms with Crippen LogP contribution < -0.4 is 10.6 Å². The molecule has 0 aromatic heterocycles. The van der Waals surface area contributed by atoms with E-state index < -0.39 is 17.2 Å². The Morgan fingerprint density at radius 3 is 2.36 bits per heavy atom. The molecule has 1 atom stereocenters. The first-order valence-electron chi connectivity index (χ1n) is 9.73. The first-order valence-corrected chi connectivity index (χ1v) is 9.73. The number of benzene rings is 1. The molecule has 7 heteroatoms. The summed E-state index contributed by atoms with van der Waals surface area (Å²) in [7, 11) is 1.58. The Balaban J connectivity index is 2.07. The van der Waals surface area contributed by atoms with Crippen molar-refractivity contribution in [2.24, 2.45) is 0 Å². The molecule has 0 radical (unpaired) electrons. The maximum absolute atomic E-state index is 13.0. The van der Waals surface area contributed by atoms with E-state index in [4.69, 9.17) is 4.74 Å². The molecule has 1 fully saturated rings. The van der Waals surface area contributed by atoms with Gasteiger partial charge in [0.05, 0.1) is 0 Å². The standard InChI is InChI=1S/C21H31N3O4/c1-6-21(12-7-13-24(21)19(27)28-20(2,3)4)18(26)23-14-15-8-10-16(11-9-15)17(25)22-5/h8-11H,6-7,12-14H2,1-5H3,(H,22,25)(H,23,26). The Bertz CT molecular complexity index is 724. The fourth-order valence-corrected chi connectivity index (χ4v) is 3.49. The highest BCUT2D eigenvalue weighted by molar-refractivity contribution is 5.94. The summed E-state index contributed by atoms with van der Waals surface area (Å²) in [5.74, 6) is -0.326. The number of hydrogen-bond acceptors (Lipinski definition) is 4. The third-order valence-electron chi connectivity index (χ3n) is 5.01. The van der Waals surface area contributed by atoms with Gasteiger partial charge in [0.25, 0.3) is 5.91 Å². The normalized spacial score (nSPS) is 19.2. The molecule has 7 nitrogen and oxygen atoms in total. The molecule has 28 heavy (non-hydrogen) atoms. The first-order chi connectivity index (χ1) is 13.1. The van der Waals surface area contributed by atoms with Crippen molar-refractivity contribution in [2.75, 3.05) is 13.6 Å². The molecule has 0 bridgehead atoms. The number of nitrogens with zero attached hydrogens (tertiary/aromatic N) is 1. The van der Waals surface area contributed by atoms with E-state index in [-0.39, 0.29) is 11.8 Å². The number of carbonyl (C=O) groups is 3. The van der Waals surface area contributed by atoms with Crippen LogP contribution in [0, 0.1) is 0 Å². The maximum Gasteiger partial charge on any atom is 0.411 e. The van der Waals surface area contributed by atoms with Crippen molar-refractivity contribution in [1.29, 1.82) is 0 Å². The van der Waals surface area contributed by atoms with E-state index in [1.54, 1.807) is 24.1 Å². The number of ether oxygens (including phenoxy) is 1. The summed E-state index contributed by atoms with van der Waals surface area (Å²) < 4.78 is 5.51. The van der Waals surface area contributed by atoms with Crippen molar-refractivity contribution in [3.8, 4) is 0 Å². The lowest BCUT2D eigenvalue weighted by atomic mass is 9.91. The molecule has 0 saturated carbocycles. The first kappa shape index (κ1) is 21.7. The zero-order chi connectivity index (χ0) is 20.9. The molecule has 1 unspecified atom stereocenters. The van der Waals surface area contributed by atoms with Gasteiger partial charge < -0.3 is 15.4 Å². The second kappa shape index (κ2) is 8.63. The summed E-state index contributed by atoms with van der Waals surface area (Å²) >= 11 is 0. The lowest BCUT2D eigenvalue weighted by Crippen LogP contribution is -2.57. The van der Waals surface area contributed by atoms with Crippen LogP contribution in [0.15, 0.2) is 24.3 Å². The molecule has 1 aromatic rings. The molecule has 1 aliphatic rings. The Hall–Kier alpha value is -2.57. The summed E-state index contributed by atoms with van der Waals surface area (Å²) in [4.78, 5) is 38.9. The maximum atomic E-state index is 13.0. The number of likely N-dealkylation sites (tertiary alicyclic amines) is 1. The quantitative estimate of drug-likeness (QED) is 0.811. The fourth-order valence-electron chi connectivity index (χ4n) is 3.49. The van der Waals surface area contributed by atoms with Crippen molar-refractivity contribution in [3.05, 3.63) is 35.4 Å². The van der Waals surface area contributed by atoms with E-state index in [1.165, 1.54) is 0 Å². The molecule has 154 valence electrons. The van der Waals surface area contributed by atoms with E-state index in [0.29, 0.717) is 31.5 Å². The van der Waals surface area contributed by atoms with Crippen LogP contribution in [0.3, 0.4) is 0 Å². The van der Waals surface area contributed by atoms with Gasteiger partial charge in [-0.25, -0.2) is 4.79 Å². The third kappa shape index (κ3) is 4.82. The van der Waals surface area contributed by atoms with Gasteiger partial charge in [0, 0.05) is 25.7 Å². The smallest absolute Gasteiger partial charge is 0.411 e. The van der Waals surface area contributed by atoms with Gasteiger partial charge >= 0.3 is 6.09 Å². The second-order valence-corrected chi connectivity index (χ2v) is 8.08. The Morgan fingerprint density at radius 2 is 1.82 bits per heavy atom. The second-order valence-electron chi connectivity index (χ2n) is 8.08. The molecule has 2 N–H and O–H groups in total. The van der Waals surface area contributed by atoms with Crippen molar-refractivity contribution in [3.63, 3.8) is 0 Å². The van der Waals surface area contributed by atoms with Crippen LogP contribution in [0.4, 0.5) is 4.79 Å². The topological polar surface area (TPSA) is 87.7 Å². The van der Waals surface area contributed by atoms with Crippen LogP contribution in [0.25, 0.3) is 0 Å². The van der Waals surface area contributed by atoms with Gasteiger partial charge in [0.2, 0.25) is 5.91 Å². The molecule has 1 aromatic carbocycles. The van der Waals surface area contributed by atoms with Gasteiger partial charge in [-0.15, -0.1) is 0 Å². The molecule has 2 rings (SSSR count). The van der Waals surface area contributed by atoms with Crippen molar-refractivity contribution in [2.45, 2.75) is 64.6 Å². The van der Waals surface area contributed by atoms with Crippen LogP contribution in [0.1, 0.15) is 62.9 Å². The molecule has 1 saturated heterocycles. The molecule has 3 amide bonds. The number of rotatable bonds is 5. The Labute approximate surface area is 166 Å². The summed E-state index contributed by atoms with van der Waals surface area (Å²) in [6, 6.07) is 7.06. The van der Waals surface area contributed by atoms with Crippen LogP contribution in [-0.4, -0.2) is 47.5 Å². The highest BCUT2D eigenvalue weighted by Gasteiger charge is 2.49. The SMILES string of the molecule is CCC1(C(=O)NCc2ccc(C(=O)NC)cc2)CCCN1C(=O)OC(C)(C)C. The molecule has 0 aliphatic carbocycles. The average molecular weight is 389 g/mol. The molecule has 0 spiro atoms. The summed E-state index contributed by atoms with van der Waals surface area (Å²) in [6.45, 7) is 8.21. The van der Waals surface area contributed by atoms with E-state index >= 15 is 0 Å². The van der Waals surface area contributed by atoms with Crippen LogP contribution >= 0.6 is 0 Å². The predicted molar refractivity (Wildman–Crippen MR) is 107 cm³/mol.